The van der Waals surface area contributed by atoms with E-state index in [0.29, 0.717) is 6.04 Å². The maximum absolute atomic E-state index is 5.65. The van der Waals surface area contributed by atoms with Crippen molar-refractivity contribution in [3.05, 3.63) is 58.5 Å². The van der Waals surface area contributed by atoms with Gasteiger partial charge in [0.2, 0.25) is 4.80 Å². The molecule has 1 aliphatic carbocycles. The summed E-state index contributed by atoms with van der Waals surface area (Å²) in [7, 11) is 3.35. The average molecular weight is 437 g/mol. The van der Waals surface area contributed by atoms with Gasteiger partial charge in [0.15, 0.2) is 0 Å². The van der Waals surface area contributed by atoms with Gasteiger partial charge in [0.25, 0.3) is 0 Å². The van der Waals surface area contributed by atoms with E-state index < -0.39 is 0 Å². The van der Waals surface area contributed by atoms with E-state index in [9.17, 15) is 0 Å². The minimum Gasteiger partial charge on any atom is -0.497 e. The van der Waals surface area contributed by atoms with Gasteiger partial charge in [-0.3, -0.25) is 9.98 Å². The fraction of sp³-hybridized carbons (Fsp3) is 0.375. The zero-order chi connectivity index (χ0) is 21.6. The Morgan fingerprint density at radius 2 is 1.84 bits per heavy atom. The Hall–Kier alpha value is -2.93. The van der Waals surface area contributed by atoms with Crippen molar-refractivity contribution >= 4 is 17.0 Å². The highest BCUT2D eigenvalue weighted by atomic mass is 32.1. The highest BCUT2D eigenvalue weighted by molar-refractivity contribution is 7.07. The molecule has 162 valence electrons. The third-order valence-corrected chi connectivity index (χ3v) is 6.41. The summed E-state index contributed by atoms with van der Waals surface area (Å²) in [4.78, 5) is 10.1. The fourth-order valence-corrected chi connectivity index (χ4v) is 4.74. The summed E-state index contributed by atoms with van der Waals surface area (Å²) in [5, 5.41) is 7.09. The van der Waals surface area contributed by atoms with E-state index in [-0.39, 0.29) is 0 Å². The molecule has 0 atom stereocenters. The Bertz CT molecular complexity index is 1110. The van der Waals surface area contributed by atoms with E-state index in [1.165, 1.54) is 19.3 Å². The van der Waals surface area contributed by atoms with Gasteiger partial charge in [-0.05, 0) is 50.1 Å². The predicted octanol–water partition coefficient (Wildman–Crippen LogP) is 5.13. The Morgan fingerprint density at radius 3 is 2.55 bits per heavy atom. The van der Waals surface area contributed by atoms with Gasteiger partial charge < -0.3 is 9.47 Å². The number of rotatable bonds is 6. The second-order valence-corrected chi connectivity index (χ2v) is 8.46. The van der Waals surface area contributed by atoms with Crippen LogP contribution < -0.4 is 14.3 Å². The standard InChI is InChI=1S/C24H28N4O2S/c1-17(18-11-13-25-14-12-18)27-28-22(21-15-20(29-2)9-10-23(21)30-3)16-31-24(28)26-19-7-5-4-6-8-19/h9-16,19H,4-8H2,1-3H3. The van der Waals surface area contributed by atoms with Crippen LogP contribution in [0.2, 0.25) is 0 Å². The van der Waals surface area contributed by atoms with Crippen LogP contribution in [0.3, 0.4) is 0 Å². The molecule has 6 nitrogen and oxygen atoms in total. The normalized spacial score (nSPS) is 15.8. The van der Waals surface area contributed by atoms with Crippen LogP contribution >= 0.6 is 11.3 Å². The zero-order valence-corrected chi connectivity index (χ0v) is 19.1. The van der Waals surface area contributed by atoms with Crippen molar-refractivity contribution < 1.29 is 9.47 Å². The second kappa shape index (κ2) is 9.92. The van der Waals surface area contributed by atoms with Crippen molar-refractivity contribution in [3.63, 3.8) is 0 Å². The molecule has 4 rings (SSSR count). The molecule has 1 saturated carbocycles. The minimum absolute atomic E-state index is 0.357. The summed E-state index contributed by atoms with van der Waals surface area (Å²) in [6.07, 6.45) is 9.65. The van der Waals surface area contributed by atoms with Gasteiger partial charge in [-0.15, -0.1) is 11.3 Å². The topological polar surface area (TPSA) is 61.0 Å². The lowest BCUT2D eigenvalue weighted by molar-refractivity contribution is 0.404. The molecule has 31 heavy (non-hydrogen) atoms. The van der Waals surface area contributed by atoms with Crippen molar-refractivity contribution in [2.75, 3.05) is 14.2 Å². The molecule has 1 fully saturated rings. The molecular formula is C24H28N4O2S. The van der Waals surface area contributed by atoms with E-state index in [4.69, 9.17) is 19.6 Å². The lowest BCUT2D eigenvalue weighted by Gasteiger charge is -2.17. The fourth-order valence-electron chi connectivity index (χ4n) is 3.85. The van der Waals surface area contributed by atoms with Crippen molar-refractivity contribution in [3.8, 4) is 22.8 Å². The molecule has 1 aromatic carbocycles. The van der Waals surface area contributed by atoms with Crippen LogP contribution in [0.25, 0.3) is 11.3 Å². The van der Waals surface area contributed by atoms with Crippen LogP contribution in [-0.4, -0.2) is 35.6 Å². The van der Waals surface area contributed by atoms with Gasteiger partial charge in [0.1, 0.15) is 11.5 Å². The third-order valence-electron chi connectivity index (χ3n) is 5.58. The average Bonchev–Trinajstić information content (AvgIpc) is 3.21. The molecule has 0 radical (unpaired) electrons. The van der Waals surface area contributed by atoms with E-state index in [0.717, 1.165) is 51.7 Å². The minimum atomic E-state index is 0.357. The number of ether oxygens (including phenoxy) is 2. The number of hydrogen-bond acceptors (Lipinski definition) is 6. The smallest absolute Gasteiger partial charge is 0.206 e. The molecule has 3 aromatic rings. The molecule has 0 bridgehead atoms. The highest BCUT2D eigenvalue weighted by Gasteiger charge is 2.17. The lowest BCUT2D eigenvalue weighted by Crippen LogP contribution is -2.19. The maximum Gasteiger partial charge on any atom is 0.206 e. The summed E-state index contributed by atoms with van der Waals surface area (Å²) < 4.78 is 13.1. The first kappa shape index (κ1) is 21.3. The van der Waals surface area contributed by atoms with Crippen LogP contribution in [0, 0.1) is 0 Å². The molecule has 0 amide bonds. The molecule has 0 N–H and O–H groups in total. The molecule has 7 heteroatoms. The van der Waals surface area contributed by atoms with Gasteiger partial charge in [0.05, 0.1) is 31.7 Å². The Morgan fingerprint density at radius 1 is 1.06 bits per heavy atom. The predicted molar refractivity (Wildman–Crippen MR) is 125 cm³/mol. The third kappa shape index (κ3) is 4.88. The largest absolute Gasteiger partial charge is 0.497 e. The van der Waals surface area contributed by atoms with Crippen LogP contribution in [0.5, 0.6) is 11.5 Å². The first-order valence-corrected chi connectivity index (χ1v) is 11.5. The first-order chi connectivity index (χ1) is 15.2. The van der Waals surface area contributed by atoms with Gasteiger partial charge in [-0.25, -0.2) is 4.68 Å². The number of hydrogen-bond donors (Lipinski definition) is 0. The van der Waals surface area contributed by atoms with Crippen LogP contribution in [0.4, 0.5) is 0 Å². The molecule has 1 aliphatic rings. The van der Waals surface area contributed by atoms with Crippen LogP contribution in [0.1, 0.15) is 44.6 Å². The summed E-state index contributed by atoms with van der Waals surface area (Å²) in [5.74, 6) is 1.54. The zero-order valence-electron chi connectivity index (χ0n) is 18.2. The number of aromatic nitrogens is 2. The summed E-state index contributed by atoms with van der Waals surface area (Å²) >= 11 is 1.61. The second-order valence-electron chi connectivity index (χ2n) is 7.62. The molecule has 2 heterocycles. The lowest BCUT2D eigenvalue weighted by atomic mass is 9.96. The Kier molecular flexibility index (Phi) is 6.82. The maximum atomic E-state index is 5.65. The summed E-state index contributed by atoms with van der Waals surface area (Å²) in [6, 6.07) is 10.1. The van der Waals surface area contributed by atoms with Crippen LogP contribution in [-0.2, 0) is 0 Å². The Labute approximate surface area is 186 Å². The molecule has 0 spiro atoms. The number of methoxy groups -OCH3 is 2. The van der Waals surface area contributed by atoms with Gasteiger partial charge >= 0.3 is 0 Å². The van der Waals surface area contributed by atoms with E-state index in [1.54, 1.807) is 38.0 Å². The van der Waals surface area contributed by atoms with Crippen molar-refractivity contribution in [2.24, 2.45) is 10.1 Å². The molecular weight excluding hydrogens is 408 g/mol. The summed E-state index contributed by atoms with van der Waals surface area (Å²) in [5.41, 5.74) is 3.79. The highest BCUT2D eigenvalue weighted by Crippen LogP contribution is 2.34. The first-order valence-electron chi connectivity index (χ1n) is 10.6. The molecule has 0 unspecified atom stereocenters. The number of nitrogens with zero attached hydrogens (tertiary/aromatic N) is 4. The van der Waals surface area contributed by atoms with E-state index >= 15 is 0 Å². The summed E-state index contributed by atoms with van der Waals surface area (Å²) in [6.45, 7) is 2.01. The molecule has 0 saturated heterocycles. The van der Waals surface area contributed by atoms with Crippen molar-refractivity contribution in [1.82, 2.24) is 9.66 Å². The van der Waals surface area contributed by atoms with Gasteiger partial charge in [-0.2, -0.15) is 5.10 Å². The van der Waals surface area contributed by atoms with E-state index in [1.807, 2.05) is 41.9 Å². The monoisotopic (exact) mass is 436 g/mol. The van der Waals surface area contributed by atoms with E-state index in [2.05, 4.69) is 10.4 Å². The number of pyridine rings is 1. The molecule has 2 aromatic heterocycles. The van der Waals surface area contributed by atoms with Crippen molar-refractivity contribution in [1.29, 1.82) is 0 Å². The van der Waals surface area contributed by atoms with Gasteiger partial charge in [-0.1, -0.05) is 19.3 Å². The number of thiazole rings is 1. The number of benzene rings is 1. The SMILES string of the molecule is COc1ccc(OC)c(-c2csc(=NC3CCCCC3)n2N=C(C)c2ccncc2)c1. The van der Waals surface area contributed by atoms with Gasteiger partial charge in [0, 0.05) is 28.9 Å². The molecule has 0 aliphatic heterocycles. The van der Waals surface area contributed by atoms with Crippen molar-refractivity contribution in [2.45, 2.75) is 45.1 Å². The Balaban J connectivity index is 1.88. The van der Waals surface area contributed by atoms with Crippen LogP contribution in [0.15, 0.2) is 58.2 Å². The quantitative estimate of drug-likeness (QED) is 0.503.